The van der Waals surface area contributed by atoms with E-state index in [9.17, 15) is 10.2 Å². The monoisotopic (exact) mass is 618 g/mol. The second-order valence-electron chi connectivity index (χ2n) is 12.3. The molecule has 0 aliphatic heterocycles. The van der Waals surface area contributed by atoms with Crippen LogP contribution in [-0.2, 0) is 0 Å². The summed E-state index contributed by atoms with van der Waals surface area (Å²) in [4.78, 5) is 0. The summed E-state index contributed by atoms with van der Waals surface area (Å²) in [6.45, 7) is 0. The zero-order valence-electron chi connectivity index (χ0n) is 26.4. The number of aromatic hydroxyl groups is 2. The summed E-state index contributed by atoms with van der Waals surface area (Å²) >= 11 is 0. The highest BCUT2D eigenvalue weighted by atomic mass is 16.3. The molecule has 8 rings (SSSR count). The number of fused-ring (bicyclic) bond motifs is 2. The van der Waals surface area contributed by atoms with Gasteiger partial charge in [0.15, 0.2) is 0 Å². The quantitative estimate of drug-likeness (QED) is 0.175. The molecule has 0 aliphatic rings. The molecule has 0 bridgehead atoms. The van der Waals surface area contributed by atoms with Gasteiger partial charge < -0.3 is 10.2 Å². The maximum atomic E-state index is 12.7. The van der Waals surface area contributed by atoms with Crippen LogP contribution in [0.4, 0.5) is 0 Å². The molecule has 0 aromatic heterocycles. The highest BCUT2D eigenvalue weighted by Gasteiger charge is 2.29. The van der Waals surface area contributed by atoms with Crippen molar-refractivity contribution in [2.45, 2.75) is 11.8 Å². The third kappa shape index (κ3) is 5.18. The summed E-state index contributed by atoms with van der Waals surface area (Å²) in [5.41, 5.74) is 7.17. The SMILES string of the molecule is Oc1c(C(c2ccccc2)c2ccccc2)cc2ccccc2c1-c1c(O)c(C(c2ccccc2)c2ccccc2)cc2ccccc12. The zero-order chi connectivity index (χ0) is 32.5. The fourth-order valence-electron chi connectivity index (χ4n) is 7.35. The average molecular weight is 619 g/mol. The Balaban J connectivity index is 1.47. The van der Waals surface area contributed by atoms with Gasteiger partial charge in [0, 0.05) is 34.1 Å². The van der Waals surface area contributed by atoms with Gasteiger partial charge in [0.25, 0.3) is 0 Å². The average Bonchev–Trinajstić information content (AvgIpc) is 3.15. The van der Waals surface area contributed by atoms with Crippen molar-refractivity contribution < 1.29 is 10.2 Å². The summed E-state index contributed by atoms with van der Waals surface area (Å²) in [5.74, 6) is -0.123. The number of hydrogen-bond acceptors (Lipinski definition) is 2. The van der Waals surface area contributed by atoms with Gasteiger partial charge in [0.05, 0.1) is 0 Å². The Morgan fingerprint density at radius 1 is 0.312 bits per heavy atom. The van der Waals surface area contributed by atoms with E-state index in [0.29, 0.717) is 11.1 Å². The largest absolute Gasteiger partial charge is 0.507 e. The number of benzene rings is 8. The van der Waals surface area contributed by atoms with Crippen molar-refractivity contribution >= 4 is 21.5 Å². The van der Waals surface area contributed by atoms with Gasteiger partial charge in [-0.15, -0.1) is 0 Å². The van der Waals surface area contributed by atoms with Crippen LogP contribution in [0, 0.1) is 0 Å². The van der Waals surface area contributed by atoms with Gasteiger partial charge in [0.1, 0.15) is 11.5 Å². The van der Waals surface area contributed by atoms with Crippen molar-refractivity contribution in [3.8, 4) is 22.6 Å². The minimum Gasteiger partial charge on any atom is -0.507 e. The third-order valence-electron chi connectivity index (χ3n) is 9.51. The van der Waals surface area contributed by atoms with Gasteiger partial charge in [0.2, 0.25) is 0 Å². The molecule has 2 heteroatoms. The van der Waals surface area contributed by atoms with Gasteiger partial charge in [-0.3, -0.25) is 0 Å². The molecule has 0 atom stereocenters. The van der Waals surface area contributed by atoms with E-state index in [1.807, 2.05) is 109 Å². The van der Waals surface area contributed by atoms with E-state index in [1.54, 1.807) is 0 Å². The fourth-order valence-corrected chi connectivity index (χ4v) is 7.35. The van der Waals surface area contributed by atoms with E-state index in [1.165, 1.54) is 0 Å². The molecule has 2 N–H and O–H groups in total. The first-order valence-corrected chi connectivity index (χ1v) is 16.4. The van der Waals surface area contributed by atoms with Gasteiger partial charge in [-0.25, -0.2) is 0 Å². The second-order valence-corrected chi connectivity index (χ2v) is 12.3. The Morgan fingerprint density at radius 3 is 0.896 bits per heavy atom. The van der Waals surface area contributed by atoms with E-state index >= 15 is 0 Å². The highest BCUT2D eigenvalue weighted by molar-refractivity contribution is 6.11. The van der Waals surface area contributed by atoms with Crippen LogP contribution in [0.15, 0.2) is 182 Å². The summed E-state index contributed by atoms with van der Waals surface area (Å²) in [5, 5.41) is 29.1. The first kappa shape index (κ1) is 29.3. The Morgan fingerprint density at radius 2 is 0.583 bits per heavy atom. The van der Waals surface area contributed by atoms with Gasteiger partial charge in [-0.1, -0.05) is 170 Å². The molecule has 0 heterocycles. The van der Waals surface area contributed by atoms with Crippen molar-refractivity contribution in [1.82, 2.24) is 0 Å². The predicted molar refractivity (Wildman–Crippen MR) is 198 cm³/mol. The summed E-state index contributed by atoms with van der Waals surface area (Å²) in [6.07, 6.45) is 0. The Labute approximate surface area is 280 Å². The maximum absolute atomic E-state index is 12.7. The number of phenols is 2. The van der Waals surface area contributed by atoms with Crippen molar-refractivity contribution in [3.05, 3.63) is 215 Å². The van der Waals surface area contributed by atoms with E-state index in [-0.39, 0.29) is 23.3 Å². The molecule has 48 heavy (non-hydrogen) atoms. The van der Waals surface area contributed by atoms with Crippen LogP contribution in [0.1, 0.15) is 45.2 Å². The molecule has 0 saturated heterocycles. The standard InChI is InChI=1S/C46H34O2/c47-45-39(41(31-17-5-1-6-18-31)32-19-7-2-8-20-32)29-35-25-13-15-27-37(35)43(45)44-38-28-16-14-26-36(38)30-40(46(44)48)42(33-21-9-3-10-22-33)34-23-11-4-12-24-34/h1-30,41-42,47-48H. The second kappa shape index (κ2) is 12.6. The lowest BCUT2D eigenvalue weighted by atomic mass is 9.79. The van der Waals surface area contributed by atoms with Crippen LogP contribution in [0.3, 0.4) is 0 Å². The molecule has 0 unspecified atom stereocenters. The van der Waals surface area contributed by atoms with E-state index in [2.05, 4.69) is 72.8 Å². The maximum Gasteiger partial charge on any atom is 0.128 e. The first-order chi connectivity index (χ1) is 23.7. The third-order valence-corrected chi connectivity index (χ3v) is 9.51. The first-order valence-electron chi connectivity index (χ1n) is 16.4. The Hall–Kier alpha value is -6.12. The van der Waals surface area contributed by atoms with Gasteiger partial charge >= 0.3 is 0 Å². The number of rotatable bonds is 7. The summed E-state index contributed by atoms with van der Waals surface area (Å²) in [7, 11) is 0. The number of phenolic OH excluding ortho intramolecular Hbond substituents is 2. The molecule has 230 valence electrons. The smallest absolute Gasteiger partial charge is 0.128 e. The molecule has 8 aromatic rings. The molecular weight excluding hydrogens is 585 g/mol. The fraction of sp³-hybridized carbons (Fsp3) is 0.0435. The Kier molecular flexibility index (Phi) is 7.68. The van der Waals surface area contributed by atoms with Gasteiger partial charge in [-0.2, -0.15) is 0 Å². The number of hydrogen-bond donors (Lipinski definition) is 2. The molecule has 0 saturated carbocycles. The van der Waals surface area contributed by atoms with Gasteiger partial charge in [-0.05, 0) is 55.9 Å². The van der Waals surface area contributed by atoms with Crippen molar-refractivity contribution in [2.24, 2.45) is 0 Å². The summed E-state index contributed by atoms with van der Waals surface area (Å²) in [6, 6.07) is 61.9. The molecule has 8 aromatic carbocycles. The minimum atomic E-state index is -0.228. The normalized spacial score (nSPS) is 11.5. The molecule has 0 amide bonds. The topological polar surface area (TPSA) is 40.5 Å². The van der Waals surface area contributed by atoms with Crippen molar-refractivity contribution in [1.29, 1.82) is 0 Å². The van der Waals surface area contributed by atoms with Crippen LogP contribution in [0.25, 0.3) is 32.7 Å². The molecular formula is C46H34O2. The lowest BCUT2D eigenvalue weighted by Gasteiger charge is -2.26. The van der Waals surface area contributed by atoms with Crippen LogP contribution >= 0.6 is 0 Å². The van der Waals surface area contributed by atoms with Crippen molar-refractivity contribution in [3.63, 3.8) is 0 Å². The zero-order valence-corrected chi connectivity index (χ0v) is 26.4. The van der Waals surface area contributed by atoms with E-state index < -0.39 is 0 Å². The summed E-state index contributed by atoms with van der Waals surface area (Å²) < 4.78 is 0. The van der Waals surface area contributed by atoms with E-state index in [0.717, 1.165) is 54.9 Å². The highest BCUT2D eigenvalue weighted by Crippen LogP contribution is 2.52. The Bertz CT molecular complexity index is 2100. The molecule has 0 aliphatic carbocycles. The lowest BCUT2D eigenvalue weighted by molar-refractivity contribution is 0.462. The minimum absolute atomic E-state index is 0.167. The van der Waals surface area contributed by atoms with Crippen LogP contribution in [0.5, 0.6) is 11.5 Å². The molecule has 0 spiro atoms. The van der Waals surface area contributed by atoms with Crippen LogP contribution < -0.4 is 0 Å². The van der Waals surface area contributed by atoms with E-state index in [4.69, 9.17) is 0 Å². The van der Waals surface area contributed by atoms with Crippen molar-refractivity contribution in [2.75, 3.05) is 0 Å². The molecule has 0 radical (unpaired) electrons. The lowest BCUT2D eigenvalue weighted by Crippen LogP contribution is -2.06. The molecule has 0 fully saturated rings. The predicted octanol–water partition coefficient (Wildman–Crippen LogP) is 11.4. The van der Waals surface area contributed by atoms with Crippen LogP contribution in [0.2, 0.25) is 0 Å². The molecule has 2 nitrogen and oxygen atoms in total. The van der Waals surface area contributed by atoms with Crippen LogP contribution in [-0.4, -0.2) is 10.2 Å².